The lowest BCUT2D eigenvalue weighted by molar-refractivity contribution is -0.138. The molecule has 0 spiro atoms. The van der Waals surface area contributed by atoms with Gasteiger partial charge >= 0.3 is 5.63 Å². The molecule has 4 rings (SSSR count). The van der Waals surface area contributed by atoms with Gasteiger partial charge in [-0.2, -0.15) is 0 Å². The number of hydrogen-bond acceptors (Lipinski definition) is 7. The Balaban J connectivity index is 1.30. The number of amides is 2. The molecule has 0 aliphatic carbocycles. The van der Waals surface area contributed by atoms with Gasteiger partial charge in [-0.25, -0.2) is 9.18 Å². The molecule has 2 N–H and O–H groups in total. The molecule has 0 saturated carbocycles. The van der Waals surface area contributed by atoms with E-state index in [4.69, 9.17) is 20.8 Å². The Morgan fingerprint density at radius 2 is 1.86 bits per heavy atom. The number of hydrogen-bond donors (Lipinski definition) is 2. The summed E-state index contributed by atoms with van der Waals surface area (Å²) in [5, 5.41) is 12.9. The molecule has 3 aromatic rings. The molecule has 2 amide bonds. The lowest BCUT2D eigenvalue weighted by atomic mass is 10.1. The molecule has 2 heterocycles. The minimum Gasteiger partial charge on any atom is -0.484 e. The van der Waals surface area contributed by atoms with Crippen LogP contribution >= 0.6 is 11.6 Å². The van der Waals surface area contributed by atoms with Crippen LogP contribution in [-0.4, -0.2) is 67.3 Å². The molecular formula is C25H25ClFN3O6. The van der Waals surface area contributed by atoms with Crippen LogP contribution in [0.5, 0.6) is 5.75 Å². The fourth-order valence-corrected chi connectivity index (χ4v) is 4.17. The van der Waals surface area contributed by atoms with E-state index in [1.54, 1.807) is 36.1 Å². The van der Waals surface area contributed by atoms with Gasteiger partial charge in [-0.15, -0.1) is 0 Å². The summed E-state index contributed by atoms with van der Waals surface area (Å²) in [6.07, 6.45) is 0. The zero-order chi connectivity index (χ0) is 25.8. The molecule has 190 valence electrons. The van der Waals surface area contributed by atoms with Gasteiger partial charge < -0.3 is 29.4 Å². The van der Waals surface area contributed by atoms with Crippen LogP contribution in [0.1, 0.15) is 5.56 Å². The van der Waals surface area contributed by atoms with Crippen molar-refractivity contribution in [2.24, 2.45) is 0 Å². The van der Waals surface area contributed by atoms with Gasteiger partial charge in [0, 0.05) is 43.3 Å². The molecule has 1 unspecified atom stereocenters. The van der Waals surface area contributed by atoms with Crippen LogP contribution in [0.2, 0.25) is 5.02 Å². The smallest absolute Gasteiger partial charge is 0.355 e. The Kier molecular flexibility index (Phi) is 7.76. The summed E-state index contributed by atoms with van der Waals surface area (Å²) in [5.41, 5.74) is 1.04. The minimum atomic E-state index is -1.11. The van der Waals surface area contributed by atoms with Crippen molar-refractivity contribution in [1.29, 1.82) is 0 Å². The van der Waals surface area contributed by atoms with Crippen molar-refractivity contribution < 1.29 is 28.2 Å². The molecule has 1 aromatic heterocycles. The van der Waals surface area contributed by atoms with Gasteiger partial charge in [-0.05, 0) is 48.9 Å². The number of aryl methyl sites for hydroxylation is 1. The average Bonchev–Trinajstić information content (AvgIpc) is 2.89. The van der Waals surface area contributed by atoms with Crippen LogP contribution in [0.3, 0.4) is 0 Å². The summed E-state index contributed by atoms with van der Waals surface area (Å²) in [7, 11) is 0. The van der Waals surface area contributed by atoms with Crippen LogP contribution in [0.15, 0.2) is 51.7 Å². The van der Waals surface area contributed by atoms with Gasteiger partial charge in [-0.1, -0.05) is 11.6 Å². The quantitative estimate of drug-likeness (QED) is 0.461. The second kappa shape index (κ2) is 11.0. The van der Waals surface area contributed by atoms with Crippen molar-refractivity contribution in [1.82, 2.24) is 10.2 Å². The van der Waals surface area contributed by atoms with Crippen molar-refractivity contribution in [2.75, 3.05) is 44.3 Å². The number of piperazine rings is 1. The number of carbonyl (C=O) groups is 2. The summed E-state index contributed by atoms with van der Waals surface area (Å²) in [6, 6.07) is 9.77. The number of nitrogens with zero attached hydrogens (tertiary/aromatic N) is 2. The van der Waals surface area contributed by atoms with Crippen LogP contribution in [0.25, 0.3) is 11.0 Å². The Morgan fingerprint density at radius 1 is 1.17 bits per heavy atom. The van der Waals surface area contributed by atoms with Crippen molar-refractivity contribution in [3.05, 3.63) is 69.3 Å². The van der Waals surface area contributed by atoms with Gasteiger partial charge in [0.05, 0.1) is 6.61 Å². The largest absolute Gasteiger partial charge is 0.484 e. The normalized spacial score (nSPS) is 14.6. The monoisotopic (exact) mass is 517 g/mol. The second-order valence-electron chi connectivity index (χ2n) is 8.37. The highest BCUT2D eigenvalue weighted by Crippen LogP contribution is 2.26. The number of benzene rings is 2. The van der Waals surface area contributed by atoms with E-state index in [1.807, 2.05) is 4.90 Å². The van der Waals surface area contributed by atoms with Crippen LogP contribution in [0.4, 0.5) is 10.1 Å². The Labute approximate surface area is 211 Å². The fraction of sp³-hybridized carbons (Fsp3) is 0.320. The van der Waals surface area contributed by atoms with Gasteiger partial charge in [0.2, 0.25) is 5.91 Å². The first-order chi connectivity index (χ1) is 17.3. The first-order valence-electron chi connectivity index (χ1n) is 11.3. The van der Waals surface area contributed by atoms with Crippen LogP contribution < -0.4 is 20.6 Å². The summed E-state index contributed by atoms with van der Waals surface area (Å²) in [5.74, 6) is -1.03. The zero-order valence-electron chi connectivity index (χ0n) is 19.5. The molecule has 0 bridgehead atoms. The highest BCUT2D eigenvalue weighted by molar-refractivity contribution is 6.31. The standard InChI is InChI=1S/C25H25ClFN3O6/c1-15-19-7-6-18(12-21(19)36-25(34)23(15)26)35-14-22(32)28-20(13-31)24(33)30-10-8-29(9-11-30)17-4-2-16(27)3-5-17/h2-7,12,20,31H,8-11,13-14H2,1H3,(H,28,32). The third kappa shape index (κ3) is 5.60. The predicted octanol–water partition coefficient (Wildman–Crippen LogP) is 2.10. The van der Waals surface area contributed by atoms with Crippen LogP contribution in [0, 0.1) is 12.7 Å². The molecule has 11 heteroatoms. The van der Waals surface area contributed by atoms with Crippen molar-refractivity contribution in [2.45, 2.75) is 13.0 Å². The predicted molar refractivity (Wildman–Crippen MR) is 132 cm³/mol. The van der Waals surface area contributed by atoms with E-state index in [0.717, 1.165) is 5.69 Å². The first kappa shape index (κ1) is 25.5. The summed E-state index contributed by atoms with van der Waals surface area (Å²) < 4.78 is 23.8. The van der Waals surface area contributed by atoms with E-state index in [-0.39, 0.29) is 22.2 Å². The molecule has 2 aromatic carbocycles. The van der Waals surface area contributed by atoms with Gasteiger partial charge in [0.1, 0.15) is 28.2 Å². The Morgan fingerprint density at radius 3 is 2.53 bits per heavy atom. The van der Waals surface area contributed by atoms with Gasteiger partial charge in [0.25, 0.3) is 5.91 Å². The summed E-state index contributed by atoms with van der Waals surface area (Å²) >= 11 is 5.93. The second-order valence-corrected chi connectivity index (χ2v) is 8.74. The van der Waals surface area contributed by atoms with E-state index >= 15 is 0 Å². The van der Waals surface area contributed by atoms with Crippen molar-refractivity contribution in [3.8, 4) is 5.75 Å². The molecule has 9 nitrogen and oxygen atoms in total. The SMILES string of the molecule is Cc1c(Cl)c(=O)oc2cc(OCC(=O)NC(CO)C(=O)N3CCN(c4ccc(F)cc4)CC3)ccc12. The minimum absolute atomic E-state index is 0.00660. The Bertz CT molecular complexity index is 1320. The number of nitrogens with one attached hydrogen (secondary N) is 1. The number of fused-ring (bicyclic) bond motifs is 1. The molecule has 1 aliphatic rings. The molecule has 1 atom stereocenters. The van der Waals surface area contributed by atoms with Gasteiger partial charge in [0.15, 0.2) is 6.61 Å². The lowest BCUT2D eigenvalue weighted by Gasteiger charge is -2.37. The number of rotatable bonds is 7. The molecule has 1 fully saturated rings. The number of carbonyl (C=O) groups excluding carboxylic acids is 2. The topological polar surface area (TPSA) is 112 Å². The average molecular weight is 518 g/mol. The Hall–Kier alpha value is -3.63. The molecule has 36 heavy (non-hydrogen) atoms. The number of ether oxygens (including phenoxy) is 1. The fourth-order valence-electron chi connectivity index (χ4n) is 4.03. The van der Waals surface area contributed by atoms with Gasteiger partial charge in [-0.3, -0.25) is 9.59 Å². The maximum absolute atomic E-state index is 13.2. The number of halogens is 2. The molecule has 1 saturated heterocycles. The van der Waals surface area contributed by atoms with Crippen LogP contribution in [-0.2, 0) is 9.59 Å². The number of anilines is 1. The third-order valence-corrected chi connectivity index (χ3v) is 6.47. The highest BCUT2D eigenvalue weighted by atomic mass is 35.5. The number of aliphatic hydroxyl groups is 1. The van der Waals surface area contributed by atoms with E-state index in [1.165, 1.54) is 18.2 Å². The maximum Gasteiger partial charge on any atom is 0.355 e. The van der Waals surface area contributed by atoms with Crippen molar-refractivity contribution >= 4 is 40.1 Å². The third-order valence-electron chi connectivity index (χ3n) is 6.04. The molecular weight excluding hydrogens is 493 g/mol. The van der Waals surface area contributed by atoms with Crippen molar-refractivity contribution in [3.63, 3.8) is 0 Å². The zero-order valence-corrected chi connectivity index (χ0v) is 20.3. The first-order valence-corrected chi connectivity index (χ1v) is 11.7. The van der Waals surface area contributed by atoms with E-state index in [2.05, 4.69) is 5.32 Å². The molecule has 1 aliphatic heterocycles. The lowest BCUT2D eigenvalue weighted by Crippen LogP contribution is -2.56. The van der Waals surface area contributed by atoms with E-state index in [9.17, 15) is 23.9 Å². The highest BCUT2D eigenvalue weighted by Gasteiger charge is 2.28. The van der Waals surface area contributed by atoms with E-state index < -0.39 is 36.7 Å². The van der Waals surface area contributed by atoms with E-state index in [0.29, 0.717) is 37.1 Å². The summed E-state index contributed by atoms with van der Waals surface area (Å²) in [6.45, 7) is 2.58. The maximum atomic E-state index is 13.2. The molecule has 0 radical (unpaired) electrons. The number of aliphatic hydroxyl groups excluding tert-OH is 1. The summed E-state index contributed by atoms with van der Waals surface area (Å²) in [4.78, 5) is 40.7.